The standard InChI is InChI=1S/C15H27NO3S/c17-20(18,12-13-6-2-1-3-7-13)16-10-11-19-15-9-5-4-8-14(15)16/h13-15H,1-12H2/t14-,15-/m0/s1. The number of rotatable bonds is 3. The molecule has 20 heavy (non-hydrogen) atoms. The molecule has 1 aliphatic heterocycles. The van der Waals surface area contributed by atoms with Crippen molar-refractivity contribution in [1.29, 1.82) is 0 Å². The highest BCUT2D eigenvalue weighted by Gasteiger charge is 2.40. The lowest BCUT2D eigenvalue weighted by Gasteiger charge is -2.43. The van der Waals surface area contributed by atoms with Crippen molar-refractivity contribution in [2.75, 3.05) is 18.9 Å². The fourth-order valence-electron chi connectivity index (χ4n) is 4.15. The Hall–Kier alpha value is -0.130. The van der Waals surface area contributed by atoms with E-state index in [1.165, 1.54) is 25.7 Å². The third-order valence-electron chi connectivity index (χ3n) is 5.21. The third kappa shape index (κ3) is 3.20. The van der Waals surface area contributed by atoms with Crippen LogP contribution in [0.2, 0.25) is 0 Å². The Morgan fingerprint density at radius 2 is 1.65 bits per heavy atom. The lowest BCUT2D eigenvalue weighted by Crippen LogP contribution is -2.55. The Morgan fingerprint density at radius 3 is 2.45 bits per heavy atom. The van der Waals surface area contributed by atoms with Crippen LogP contribution in [0.5, 0.6) is 0 Å². The molecular weight excluding hydrogens is 274 g/mol. The first-order valence-corrected chi connectivity index (χ1v) is 9.89. The van der Waals surface area contributed by atoms with Crippen LogP contribution in [0.15, 0.2) is 0 Å². The summed E-state index contributed by atoms with van der Waals surface area (Å²) >= 11 is 0. The zero-order chi connectivity index (χ0) is 14.0. The maximum atomic E-state index is 12.8. The van der Waals surface area contributed by atoms with Gasteiger partial charge in [0.2, 0.25) is 10.0 Å². The summed E-state index contributed by atoms with van der Waals surface area (Å²) in [4.78, 5) is 0. The molecule has 2 atom stereocenters. The van der Waals surface area contributed by atoms with Gasteiger partial charge in [0.25, 0.3) is 0 Å². The van der Waals surface area contributed by atoms with Crippen LogP contribution in [-0.2, 0) is 14.8 Å². The van der Waals surface area contributed by atoms with Crippen molar-refractivity contribution in [2.45, 2.75) is 69.9 Å². The molecule has 0 bridgehead atoms. The highest BCUT2D eigenvalue weighted by atomic mass is 32.2. The lowest BCUT2D eigenvalue weighted by atomic mass is 9.91. The van der Waals surface area contributed by atoms with Gasteiger partial charge >= 0.3 is 0 Å². The van der Waals surface area contributed by atoms with Gasteiger partial charge in [-0.25, -0.2) is 8.42 Å². The van der Waals surface area contributed by atoms with E-state index >= 15 is 0 Å². The maximum Gasteiger partial charge on any atom is 0.214 e. The molecule has 2 aliphatic carbocycles. The van der Waals surface area contributed by atoms with Crippen molar-refractivity contribution in [3.63, 3.8) is 0 Å². The van der Waals surface area contributed by atoms with Gasteiger partial charge in [0.05, 0.1) is 24.5 Å². The minimum atomic E-state index is -3.10. The number of hydrogen-bond acceptors (Lipinski definition) is 3. The van der Waals surface area contributed by atoms with E-state index in [0.29, 0.717) is 24.8 Å². The molecule has 4 nitrogen and oxygen atoms in total. The van der Waals surface area contributed by atoms with Crippen molar-refractivity contribution in [1.82, 2.24) is 4.31 Å². The molecular formula is C15H27NO3S. The Kier molecular flexibility index (Phi) is 4.68. The Bertz CT molecular complexity index is 415. The van der Waals surface area contributed by atoms with Crippen molar-refractivity contribution in [2.24, 2.45) is 5.92 Å². The first-order chi connectivity index (χ1) is 9.67. The average Bonchev–Trinajstić information content (AvgIpc) is 2.47. The van der Waals surface area contributed by atoms with E-state index in [4.69, 9.17) is 4.74 Å². The predicted molar refractivity (Wildman–Crippen MR) is 79.1 cm³/mol. The van der Waals surface area contributed by atoms with Crippen LogP contribution in [0.3, 0.4) is 0 Å². The molecule has 0 radical (unpaired) electrons. The SMILES string of the molecule is O=S(=O)(CC1CCCCC1)N1CCO[C@H]2CCCC[C@@H]21. The smallest absolute Gasteiger partial charge is 0.214 e. The Labute approximate surface area is 122 Å². The summed E-state index contributed by atoms with van der Waals surface area (Å²) in [6.07, 6.45) is 10.4. The summed E-state index contributed by atoms with van der Waals surface area (Å²) in [7, 11) is -3.10. The van der Waals surface area contributed by atoms with E-state index in [1.807, 2.05) is 0 Å². The van der Waals surface area contributed by atoms with Crippen LogP contribution < -0.4 is 0 Å². The van der Waals surface area contributed by atoms with Crippen LogP contribution in [0.4, 0.5) is 0 Å². The summed E-state index contributed by atoms with van der Waals surface area (Å²) < 4.78 is 33.1. The first kappa shape index (κ1) is 14.8. The highest BCUT2D eigenvalue weighted by molar-refractivity contribution is 7.89. The number of hydrogen-bond donors (Lipinski definition) is 0. The summed E-state index contributed by atoms with van der Waals surface area (Å²) in [5.74, 6) is 0.759. The number of ether oxygens (including phenoxy) is 1. The number of sulfonamides is 1. The molecule has 0 unspecified atom stereocenters. The molecule has 1 heterocycles. The van der Waals surface area contributed by atoms with Gasteiger partial charge in [-0.15, -0.1) is 0 Å². The molecule has 116 valence electrons. The molecule has 3 rings (SSSR count). The quantitative estimate of drug-likeness (QED) is 0.805. The molecule has 5 heteroatoms. The van der Waals surface area contributed by atoms with E-state index in [-0.39, 0.29) is 12.1 Å². The molecule has 2 saturated carbocycles. The van der Waals surface area contributed by atoms with Crippen LogP contribution in [-0.4, -0.2) is 43.8 Å². The maximum absolute atomic E-state index is 12.8. The normalized spacial score (nSPS) is 33.8. The minimum absolute atomic E-state index is 0.117. The number of fused-ring (bicyclic) bond motifs is 1. The molecule has 1 saturated heterocycles. The van der Waals surface area contributed by atoms with Crippen LogP contribution in [0.1, 0.15) is 57.8 Å². The van der Waals surface area contributed by atoms with Gasteiger partial charge in [0.15, 0.2) is 0 Å². The topological polar surface area (TPSA) is 46.6 Å². The molecule has 0 aromatic rings. The Morgan fingerprint density at radius 1 is 0.950 bits per heavy atom. The summed E-state index contributed by atoms with van der Waals surface area (Å²) in [6, 6.07) is 0.117. The molecule has 0 spiro atoms. The van der Waals surface area contributed by atoms with E-state index in [1.54, 1.807) is 4.31 Å². The molecule has 0 N–H and O–H groups in total. The van der Waals surface area contributed by atoms with Gasteiger partial charge < -0.3 is 4.74 Å². The molecule has 0 amide bonds. The average molecular weight is 301 g/mol. The lowest BCUT2D eigenvalue weighted by molar-refractivity contribution is -0.0587. The molecule has 0 aromatic heterocycles. The molecule has 3 fully saturated rings. The minimum Gasteiger partial charge on any atom is -0.375 e. The van der Waals surface area contributed by atoms with Crippen molar-refractivity contribution >= 4 is 10.0 Å². The van der Waals surface area contributed by atoms with E-state index in [2.05, 4.69) is 0 Å². The number of morpholine rings is 1. The van der Waals surface area contributed by atoms with Crippen LogP contribution in [0.25, 0.3) is 0 Å². The van der Waals surface area contributed by atoms with Gasteiger partial charge in [-0.2, -0.15) is 4.31 Å². The van der Waals surface area contributed by atoms with Gasteiger partial charge in [0, 0.05) is 6.54 Å². The predicted octanol–water partition coefficient (Wildman–Crippen LogP) is 2.54. The zero-order valence-corrected chi connectivity index (χ0v) is 13.1. The molecule has 3 aliphatic rings. The van der Waals surface area contributed by atoms with Crippen molar-refractivity contribution < 1.29 is 13.2 Å². The van der Waals surface area contributed by atoms with Gasteiger partial charge in [0.1, 0.15) is 0 Å². The first-order valence-electron chi connectivity index (χ1n) is 8.28. The second-order valence-corrected chi connectivity index (χ2v) is 8.62. The van der Waals surface area contributed by atoms with E-state index in [9.17, 15) is 8.42 Å². The monoisotopic (exact) mass is 301 g/mol. The Balaban J connectivity index is 1.68. The van der Waals surface area contributed by atoms with E-state index in [0.717, 1.165) is 32.1 Å². The van der Waals surface area contributed by atoms with Gasteiger partial charge in [-0.05, 0) is 31.6 Å². The van der Waals surface area contributed by atoms with Crippen LogP contribution in [0, 0.1) is 5.92 Å². The van der Waals surface area contributed by atoms with Gasteiger partial charge in [-0.3, -0.25) is 0 Å². The second kappa shape index (κ2) is 6.32. The van der Waals surface area contributed by atoms with Crippen LogP contribution >= 0.6 is 0 Å². The van der Waals surface area contributed by atoms with Gasteiger partial charge in [-0.1, -0.05) is 32.1 Å². The third-order valence-corrected chi connectivity index (χ3v) is 7.27. The zero-order valence-electron chi connectivity index (χ0n) is 12.3. The number of nitrogens with zero attached hydrogens (tertiary/aromatic N) is 1. The molecule has 0 aromatic carbocycles. The second-order valence-electron chi connectivity index (χ2n) is 6.65. The summed E-state index contributed by atoms with van der Waals surface area (Å²) in [5, 5.41) is 0. The fraction of sp³-hybridized carbons (Fsp3) is 1.00. The van der Waals surface area contributed by atoms with Crippen molar-refractivity contribution in [3.8, 4) is 0 Å². The van der Waals surface area contributed by atoms with Crippen molar-refractivity contribution in [3.05, 3.63) is 0 Å². The largest absolute Gasteiger partial charge is 0.375 e. The summed E-state index contributed by atoms with van der Waals surface area (Å²) in [6.45, 7) is 1.14. The van der Waals surface area contributed by atoms with E-state index < -0.39 is 10.0 Å². The highest BCUT2D eigenvalue weighted by Crippen LogP contribution is 2.32. The fourth-order valence-corrected chi connectivity index (χ4v) is 6.28. The summed E-state index contributed by atoms with van der Waals surface area (Å²) in [5.41, 5.74) is 0.